The third kappa shape index (κ3) is 10.4. The van der Waals surface area contributed by atoms with Crippen LogP contribution in [0.25, 0.3) is 21.5 Å². The molecule has 17 nitrogen and oxygen atoms in total. The average molecular weight is 946 g/mol. The van der Waals surface area contributed by atoms with Crippen LogP contribution >= 0.6 is 0 Å². The van der Waals surface area contributed by atoms with Crippen molar-refractivity contribution in [3.05, 3.63) is 167 Å². The standard InChI is InChI=1S/C49H39N9O8S2/c1-28-21-37(15-19-40(28)53-51-36-16-20-41(29(2)22-36)54-58-45-27-39-33(26-47(45)68(64,65)66)11-8-12-46(39)67(61,62)63)52-56-43-23-31(4)44(24-30(43)3)57-55-42-18-13-34-25-35(14-17-38(34)48(42)59)50-49(60)32-9-6-5-7-10-32/h5-27,59H,1-4H3,(H,50,60)(H,61,62,63)(H,64,65,66). The molecule has 0 atom stereocenters. The Morgan fingerprint density at radius 2 is 0.956 bits per heavy atom. The number of aryl methyl sites for hydroxylation is 4. The van der Waals surface area contributed by atoms with Gasteiger partial charge in [-0.25, -0.2) is 0 Å². The van der Waals surface area contributed by atoms with Gasteiger partial charge < -0.3 is 10.4 Å². The number of benzene rings is 8. The second-order valence-electron chi connectivity index (χ2n) is 15.6. The number of azo groups is 4. The highest BCUT2D eigenvalue weighted by molar-refractivity contribution is 7.86. The van der Waals surface area contributed by atoms with Gasteiger partial charge in [-0.3, -0.25) is 13.9 Å². The van der Waals surface area contributed by atoms with E-state index < -0.39 is 30.0 Å². The van der Waals surface area contributed by atoms with Gasteiger partial charge in [0.25, 0.3) is 26.1 Å². The Bertz CT molecular complexity index is 3690. The molecule has 0 aliphatic carbocycles. The normalized spacial score (nSPS) is 12.4. The number of nitrogens with zero attached hydrogens (tertiary/aromatic N) is 8. The van der Waals surface area contributed by atoms with Crippen LogP contribution in [0.3, 0.4) is 0 Å². The van der Waals surface area contributed by atoms with E-state index in [1.807, 2.05) is 45.0 Å². The van der Waals surface area contributed by atoms with E-state index in [4.69, 9.17) is 0 Å². The first kappa shape index (κ1) is 46.3. The molecule has 4 N–H and O–H groups in total. The van der Waals surface area contributed by atoms with Crippen molar-refractivity contribution < 1.29 is 35.8 Å². The second kappa shape index (κ2) is 18.9. The molecular weight excluding hydrogens is 907 g/mol. The topological polar surface area (TPSA) is 257 Å². The van der Waals surface area contributed by atoms with E-state index in [2.05, 4.69) is 46.2 Å². The van der Waals surface area contributed by atoms with Crippen molar-refractivity contribution in [1.82, 2.24) is 0 Å². The molecule has 0 aromatic heterocycles. The maximum Gasteiger partial charge on any atom is 0.296 e. The number of hydrogen-bond donors (Lipinski definition) is 4. The Morgan fingerprint density at radius 1 is 0.441 bits per heavy atom. The third-order valence-electron chi connectivity index (χ3n) is 10.7. The number of fused-ring (bicyclic) bond motifs is 2. The van der Waals surface area contributed by atoms with Crippen LogP contribution in [-0.2, 0) is 20.2 Å². The quantitative estimate of drug-likeness (QED) is 0.0675. The molecule has 68 heavy (non-hydrogen) atoms. The van der Waals surface area contributed by atoms with Gasteiger partial charge in [-0.1, -0.05) is 36.4 Å². The molecule has 0 heterocycles. The summed E-state index contributed by atoms with van der Waals surface area (Å²) in [7, 11) is -9.47. The van der Waals surface area contributed by atoms with Crippen molar-refractivity contribution in [2.75, 3.05) is 5.32 Å². The molecule has 0 unspecified atom stereocenters. The SMILES string of the molecule is Cc1cc(N=Nc2cc(C)c(N=Nc3ccc4cc(NC(=O)c5ccccc5)ccc4c3O)cc2C)ccc1N=Nc1ccc(N=Nc2cc3c(S(=O)(=O)O)cccc3cc2S(=O)(=O)O)c(C)c1. The van der Waals surface area contributed by atoms with Crippen molar-refractivity contribution in [3.63, 3.8) is 0 Å². The van der Waals surface area contributed by atoms with Crippen LogP contribution in [0.5, 0.6) is 5.75 Å². The molecule has 19 heteroatoms. The number of anilines is 1. The Morgan fingerprint density at radius 3 is 1.56 bits per heavy atom. The zero-order chi connectivity index (χ0) is 48.3. The van der Waals surface area contributed by atoms with E-state index in [9.17, 15) is 35.8 Å². The maximum atomic E-state index is 12.6. The number of nitrogens with one attached hydrogen (secondary N) is 1. The molecule has 8 aromatic rings. The van der Waals surface area contributed by atoms with E-state index in [1.54, 1.807) is 91.9 Å². The minimum absolute atomic E-state index is 0.0147. The smallest absolute Gasteiger partial charge is 0.296 e. The fourth-order valence-electron chi connectivity index (χ4n) is 7.10. The van der Waals surface area contributed by atoms with Crippen LogP contribution in [0.2, 0.25) is 0 Å². The summed E-state index contributed by atoms with van der Waals surface area (Å²) in [6, 6.07) is 37.6. The highest BCUT2D eigenvalue weighted by Crippen LogP contribution is 2.39. The van der Waals surface area contributed by atoms with Gasteiger partial charge in [0.05, 0.1) is 34.1 Å². The summed E-state index contributed by atoms with van der Waals surface area (Å²) in [5, 5.41) is 50.0. The molecule has 0 bridgehead atoms. The second-order valence-corrected chi connectivity index (χ2v) is 18.4. The summed E-state index contributed by atoms with van der Waals surface area (Å²) in [5.41, 5.74) is 7.25. The lowest BCUT2D eigenvalue weighted by Gasteiger charge is -2.09. The zero-order valence-electron chi connectivity index (χ0n) is 36.6. The van der Waals surface area contributed by atoms with E-state index >= 15 is 0 Å². The van der Waals surface area contributed by atoms with Crippen LogP contribution in [0, 0.1) is 27.7 Å². The summed E-state index contributed by atoms with van der Waals surface area (Å²) < 4.78 is 68.0. The van der Waals surface area contributed by atoms with E-state index in [-0.39, 0.29) is 33.8 Å². The monoisotopic (exact) mass is 945 g/mol. The molecule has 0 saturated heterocycles. The lowest BCUT2D eigenvalue weighted by atomic mass is 10.1. The molecule has 340 valence electrons. The lowest BCUT2D eigenvalue weighted by molar-refractivity contribution is 0.102. The van der Waals surface area contributed by atoms with Crippen LogP contribution < -0.4 is 5.32 Å². The minimum Gasteiger partial charge on any atom is -0.505 e. The van der Waals surface area contributed by atoms with E-state index in [1.165, 1.54) is 12.1 Å². The van der Waals surface area contributed by atoms with Crippen LogP contribution in [0.15, 0.2) is 190 Å². The number of amides is 1. The number of carbonyl (C=O) groups excluding carboxylic acids is 1. The average Bonchev–Trinajstić information content (AvgIpc) is 3.30. The van der Waals surface area contributed by atoms with Crippen molar-refractivity contribution in [1.29, 1.82) is 0 Å². The van der Waals surface area contributed by atoms with Gasteiger partial charge in [-0.2, -0.15) is 47.5 Å². The van der Waals surface area contributed by atoms with Crippen molar-refractivity contribution >= 4 is 98.9 Å². The molecule has 0 radical (unpaired) electrons. The van der Waals surface area contributed by atoms with Crippen molar-refractivity contribution in [3.8, 4) is 5.75 Å². The van der Waals surface area contributed by atoms with E-state index in [0.717, 1.165) is 40.3 Å². The molecule has 0 spiro atoms. The molecule has 1 amide bonds. The molecule has 8 aromatic carbocycles. The Labute approximate surface area is 389 Å². The van der Waals surface area contributed by atoms with Gasteiger partial charge in [0.1, 0.15) is 21.2 Å². The molecule has 8 rings (SSSR count). The molecule has 0 aliphatic rings. The summed E-state index contributed by atoms with van der Waals surface area (Å²) in [6.45, 7) is 7.35. The predicted octanol–water partition coefficient (Wildman–Crippen LogP) is 14.3. The van der Waals surface area contributed by atoms with Gasteiger partial charge in [-0.05, 0) is 164 Å². The number of phenols is 1. The number of carbonyl (C=O) groups is 1. The minimum atomic E-state index is -4.80. The largest absolute Gasteiger partial charge is 0.505 e. The molecular formula is C49H39N9O8S2. The van der Waals surface area contributed by atoms with Crippen LogP contribution in [-0.4, -0.2) is 37.0 Å². The van der Waals surface area contributed by atoms with Gasteiger partial charge in [0.15, 0.2) is 5.75 Å². The highest BCUT2D eigenvalue weighted by atomic mass is 32.2. The lowest BCUT2D eigenvalue weighted by Crippen LogP contribution is -2.11. The predicted molar refractivity (Wildman–Crippen MR) is 259 cm³/mol. The Balaban J connectivity index is 0.926. The van der Waals surface area contributed by atoms with Gasteiger partial charge in [-0.15, -0.1) is 10.2 Å². The Kier molecular flexibility index (Phi) is 12.9. The Hall–Kier alpha value is -8.23. The number of phenolic OH excluding ortho intramolecular Hbond substituents is 1. The molecule has 0 saturated carbocycles. The third-order valence-corrected chi connectivity index (χ3v) is 12.5. The number of hydrogen-bond acceptors (Lipinski definition) is 14. The van der Waals surface area contributed by atoms with Crippen molar-refractivity contribution in [2.45, 2.75) is 37.5 Å². The molecule has 0 fully saturated rings. The number of rotatable bonds is 12. The summed E-state index contributed by atoms with van der Waals surface area (Å²) >= 11 is 0. The number of aromatic hydroxyl groups is 1. The fraction of sp³-hybridized carbons (Fsp3) is 0.0816. The first-order valence-electron chi connectivity index (χ1n) is 20.5. The van der Waals surface area contributed by atoms with Crippen LogP contribution in [0.1, 0.15) is 32.6 Å². The summed E-state index contributed by atoms with van der Waals surface area (Å²) in [4.78, 5) is 11.6. The van der Waals surface area contributed by atoms with Gasteiger partial charge in [0, 0.05) is 22.0 Å². The summed E-state index contributed by atoms with van der Waals surface area (Å²) in [6.07, 6.45) is 0. The van der Waals surface area contributed by atoms with Crippen molar-refractivity contribution in [2.24, 2.45) is 40.9 Å². The maximum absolute atomic E-state index is 12.6. The molecule has 0 aliphatic heterocycles. The zero-order valence-corrected chi connectivity index (χ0v) is 38.2. The highest BCUT2D eigenvalue weighted by Gasteiger charge is 2.21. The van der Waals surface area contributed by atoms with E-state index in [0.29, 0.717) is 56.3 Å². The van der Waals surface area contributed by atoms with Gasteiger partial charge in [0.2, 0.25) is 0 Å². The van der Waals surface area contributed by atoms with Crippen LogP contribution in [0.4, 0.5) is 51.2 Å². The first-order chi connectivity index (χ1) is 32.4. The first-order valence-corrected chi connectivity index (χ1v) is 23.4. The fourth-order valence-corrected chi connectivity index (χ4v) is 8.44. The van der Waals surface area contributed by atoms with Gasteiger partial charge >= 0.3 is 0 Å². The summed E-state index contributed by atoms with van der Waals surface area (Å²) in [5.74, 6) is -0.272.